The van der Waals surface area contributed by atoms with Gasteiger partial charge in [-0.2, -0.15) is 0 Å². The second kappa shape index (κ2) is 11.8. The lowest BCUT2D eigenvalue weighted by molar-refractivity contribution is -0.117. The molecular formula is C26H29N3O4S. The Hall–Kier alpha value is -3.20. The number of rotatable bonds is 10. The molecular weight excluding hydrogens is 450 g/mol. The van der Waals surface area contributed by atoms with Gasteiger partial charge in [-0.15, -0.1) is 11.3 Å². The fraction of sp³-hybridized carbons (Fsp3) is 0.308. The maximum atomic E-state index is 12.8. The van der Waals surface area contributed by atoms with Crippen molar-refractivity contribution in [1.82, 2.24) is 4.90 Å². The number of hydrogen-bond acceptors (Lipinski definition) is 6. The molecule has 7 nitrogen and oxygen atoms in total. The van der Waals surface area contributed by atoms with Crippen LogP contribution in [0.5, 0.6) is 5.75 Å². The molecule has 4 rings (SSSR count). The Morgan fingerprint density at radius 1 is 1.09 bits per heavy atom. The van der Waals surface area contributed by atoms with Crippen molar-refractivity contribution < 1.29 is 19.1 Å². The highest BCUT2D eigenvalue weighted by molar-refractivity contribution is 7.09. The molecule has 0 saturated carbocycles. The predicted molar refractivity (Wildman–Crippen MR) is 135 cm³/mol. The zero-order chi connectivity index (χ0) is 23.8. The molecule has 2 N–H and O–H groups in total. The number of nitrogens with one attached hydrogen (secondary N) is 2. The van der Waals surface area contributed by atoms with Crippen LogP contribution in [0.25, 0.3) is 0 Å². The molecule has 0 aliphatic carbocycles. The van der Waals surface area contributed by atoms with Gasteiger partial charge >= 0.3 is 0 Å². The van der Waals surface area contributed by atoms with Crippen molar-refractivity contribution in [1.29, 1.82) is 0 Å². The zero-order valence-corrected chi connectivity index (χ0v) is 20.0. The summed E-state index contributed by atoms with van der Waals surface area (Å²) in [6.45, 7) is 2.51. The first kappa shape index (κ1) is 23.9. The fourth-order valence-corrected chi connectivity index (χ4v) is 4.68. The van der Waals surface area contributed by atoms with E-state index in [4.69, 9.17) is 9.47 Å². The standard InChI is InChI=1S/C26H29N3O4S/c1-32-24-9-3-2-8-23(24)28-26(31)19-10-12-20(13-11-19)27-25(30)18-29(16-21-6-4-14-33-21)17-22-7-5-15-34-22/h2-3,5,7-13,15,21H,4,6,14,16-18H2,1H3,(H,27,30)(H,28,31). The van der Waals surface area contributed by atoms with Gasteiger partial charge in [-0.3, -0.25) is 14.5 Å². The SMILES string of the molecule is COc1ccccc1NC(=O)c1ccc(NC(=O)CN(Cc2cccs2)CC2CCCO2)cc1. The lowest BCUT2D eigenvalue weighted by atomic mass is 10.2. The molecule has 1 fully saturated rings. The maximum Gasteiger partial charge on any atom is 0.255 e. The van der Waals surface area contributed by atoms with Crippen LogP contribution in [-0.4, -0.2) is 49.6 Å². The van der Waals surface area contributed by atoms with E-state index in [9.17, 15) is 9.59 Å². The van der Waals surface area contributed by atoms with E-state index in [1.807, 2.05) is 23.6 Å². The van der Waals surface area contributed by atoms with E-state index in [0.717, 1.165) is 26.0 Å². The van der Waals surface area contributed by atoms with E-state index in [1.165, 1.54) is 4.88 Å². The van der Waals surface area contributed by atoms with Gasteiger partial charge in [-0.1, -0.05) is 18.2 Å². The molecule has 178 valence electrons. The molecule has 2 amide bonds. The van der Waals surface area contributed by atoms with Crippen molar-refractivity contribution in [3.05, 3.63) is 76.5 Å². The minimum absolute atomic E-state index is 0.0965. The minimum Gasteiger partial charge on any atom is -0.495 e. The second-order valence-corrected chi connectivity index (χ2v) is 9.20. The van der Waals surface area contributed by atoms with Crippen LogP contribution in [0.3, 0.4) is 0 Å². The Balaban J connectivity index is 1.33. The molecule has 2 aromatic carbocycles. The Bertz CT molecular complexity index is 1080. The molecule has 1 aromatic heterocycles. The number of para-hydroxylation sites is 2. The smallest absolute Gasteiger partial charge is 0.255 e. The lowest BCUT2D eigenvalue weighted by Crippen LogP contribution is -2.37. The van der Waals surface area contributed by atoms with Gasteiger partial charge in [0.25, 0.3) is 5.91 Å². The zero-order valence-electron chi connectivity index (χ0n) is 19.2. The van der Waals surface area contributed by atoms with E-state index < -0.39 is 0 Å². The largest absolute Gasteiger partial charge is 0.495 e. The molecule has 3 aromatic rings. The van der Waals surface area contributed by atoms with Gasteiger partial charge in [0.1, 0.15) is 5.75 Å². The minimum atomic E-state index is -0.249. The highest BCUT2D eigenvalue weighted by Crippen LogP contribution is 2.24. The highest BCUT2D eigenvalue weighted by Gasteiger charge is 2.21. The van der Waals surface area contributed by atoms with Crippen molar-refractivity contribution in [2.45, 2.75) is 25.5 Å². The summed E-state index contributed by atoms with van der Waals surface area (Å²) >= 11 is 1.69. The van der Waals surface area contributed by atoms with E-state index in [2.05, 4.69) is 21.6 Å². The van der Waals surface area contributed by atoms with Crippen LogP contribution >= 0.6 is 11.3 Å². The number of carbonyl (C=O) groups is 2. The molecule has 8 heteroatoms. The fourth-order valence-electron chi connectivity index (χ4n) is 3.94. The monoisotopic (exact) mass is 479 g/mol. The van der Waals surface area contributed by atoms with Crippen LogP contribution < -0.4 is 15.4 Å². The van der Waals surface area contributed by atoms with Crippen LogP contribution in [0.4, 0.5) is 11.4 Å². The van der Waals surface area contributed by atoms with Crippen LogP contribution in [0.2, 0.25) is 0 Å². The molecule has 34 heavy (non-hydrogen) atoms. The summed E-state index contributed by atoms with van der Waals surface area (Å²) in [7, 11) is 1.56. The first-order chi connectivity index (χ1) is 16.6. The molecule has 2 heterocycles. The first-order valence-corrected chi connectivity index (χ1v) is 12.2. The van der Waals surface area contributed by atoms with Gasteiger partial charge in [-0.05, 0) is 60.7 Å². The number of nitrogens with zero attached hydrogens (tertiary/aromatic N) is 1. The topological polar surface area (TPSA) is 79.9 Å². The van der Waals surface area contributed by atoms with E-state index in [1.54, 1.807) is 54.8 Å². The number of anilines is 2. The molecule has 0 spiro atoms. The summed E-state index contributed by atoms with van der Waals surface area (Å²) in [4.78, 5) is 28.7. The quantitative estimate of drug-likeness (QED) is 0.443. The summed E-state index contributed by atoms with van der Waals surface area (Å²) in [5, 5.41) is 7.84. The highest BCUT2D eigenvalue weighted by atomic mass is 32.1. The maximum absolute atomic E-state index is 12.8. The number of benzene rings is 2. The van der Waals surface area contributed by atoms with Crippen LogP contribution in [-0.2, 0) is 16.1 Å². The number of methoxy groups -OCH3 is 1. The van der Waals surface area contributed by atoms with Crippen molar-refractivity contribution in [3.8, 4) is 5.75 Å². The third kappa shape index (κ3) is 6.66. The molecule has 1 saturated heterocycles. The Labute approximate surface area is 203 Å². The third-order valence-electron chi connectivity index (χ3n) is 5.60. The van der Waals surface area contributed by atoms with Crippen LogP contribution in [0.15, 0.2) is 66.0 Å². The normalized spacial score (nSPS) is 15.3. The van der Waals surface area contributed by atoms with Gasteiger partial charge in [0.15, 0.2) is 0 Å². The summed E-state index contributed by atoms with van der Waals surface area (Å²) < 4.78 is 11.1. The number of hydrogen-bond donors (Lipinski definition) is 2. The van der Waals surface area contributed by atoms with Gasteiger partial charge in [0, 0.05) is 35.8 Å². The lowest BCUT2D eigenvalue weighted by Gasteiger charge is -2.24. The number of thiophene rings is 1. The number of carbonyl (C=O) groups excluding carboxylic acids is 2. The first-order valence-electron chi connectivity index (χ1n) is 11.3. The van der Waals surface area contributed by atoms with Crippen molar-refractivity contribution >= 4 is 34.5 Å². The van der Waals surface area contributed by atoms with Gasteiger partial charge in [0.2, 0.25) is 5.91 Å². The van der Waals surface area contributed by atoms with Crippen molar-refractivity contribution in [2.75, 3.05) is 37.4 Å². The summed E-state index contributed by atoms with van der Waals surface area (Å²) in [6.07, 6.45) is 2.27. The summed E-state index contributed by atoms with van der Waals surface area (Å²) in [6, 6.07) is 18.2. The van der Waals surface area contributed by atoms with E-state index in [-0.39, 0.29) is 24.5 Å². The van der Waals surface area contributed by atoms with Gasteiger partial charge in [-0.25, -0.2) is 0 Å². The molecule has 0 bridgehead atoms. The second-order valence-electron chi connectivity index (χ2n) is 8.16. The van der Waals surface area contributed by atoms with Gasteiger partial charge in [0.05, 0.1) is 25.4 Å². The average Bonchev–Trinajstić information content (AvgIpc) is 3.54. The molecule has 1 unspecified atom stereocenters. The van der Waals surface area contributed by atoms with E-state index >= 15 is 0 Å². The van der Waals surface area contributed by atoms with Crippen LogP contribution in [0, 0.1) is 0 Å². The molecule has 1 aliphatic heterocycles. The Morgan fingerprint density at radius 2 is 1.91 bits per heavy atom. The number of ether oxygens (including phenoxy) is 2. The van der Waals surface area contributed by atoms with E-state index in [0.29, 0.717) is 29.2 Å². The summed E-state index contributed by atoms with van der Waals surface area (Å²) in [5.74, 6) is 0.247. The predicted octanol–water partition coefficient (Wildman–Crippen LogP) is 4.63. The number of amides is 2. The molecule has 0 radical (unpaired) electrons. The third-order valence-corrected chi connectivity index (χ3v) is 6.46. The Morgan fingerprint density at radius 3 is 2.62 bits per heavy atom. The average molecular weight is 480 g/mol. The molecule has 1 atom stereocenters. The summed E-state index contributed by atoms with van der Waals surface area (Å²) in [5.41, 5.74) is 1.73. The Kier molecular flexibility index (Phi) is 8.30. The van der Waals surface area contributed by atoms with Crippen molar-refractivity contribution in [2.24, 2.45) is 0 Å². The van der Waals surface area contributed by atoms with Crippen LogP contribution in [0.1, 0.15) is 28.1 Å². The van der Waals surface area contributed by atoms with Gasteiger partial charge < -0.3 is 20.1 Å². The van der Waals surface area contributed by atoms with Crippen molar-refractivity contribution in [3.63, 3.8) is 0 Å². The molecule has 1 aliphatic rings.